The van der Waals surface area contributed by atoms with Crippen molar-refractivity contribution in [1.29, 1.82) is 0 Å². The molecule has 0 amide bonds. The molecule has 30 heavy (non-hydrogen) atoms. The van der Waals surface area contributed by atoms with Crippen LogP contribution in [-0.4, -0.2) is 53.6 Å². The minimum atomic E-state index is -0.210. The highest BCUT2D eigenvalue weighted by Crippen LogP contribution is 2.43. The molecule has 3 heteroatoms. The zero-order valence-corrected chi connectivity index (χ0v) is 21.3. The summed E-state index contributed by atoms with van der Waals surface area (Å²) < 4.78 is 7.22. The highest BCUT2D eigenvalue weighted by molar-refractivity contribution is 5.03. The number of aliphatic hydroxyl groups excluding tert-OH is 1. The van der Waals surface area contributed by atoms with Crippen LogP contribution < -0.4 is 0 Å². The number of hydrogen-bond acceptors (Lipinski definition) is 2. The van der Waals surface area contributed by atoms with Crippen molar-refractivity contribution in [2.24, 2.45) is 0 Å². The minimum Gasteiger partial charge on any atom is -0.393 e. The monoisotopic (exact) mass is 424 g/mol. The molecule has 3 nitrogen and oxygen atoms in total. The van der Waals surface area contributed by atoms with E-state index in [1.807, 2.05) is 6.92 Å². The third kappa shape index (κ3) is 10.8. The van der Waals surface area contributed by atoms with Crippen LogP contribution in [0.25, 0.3) is 0 Å². The number of allylic oxidation sites excluding steroid dienone is 2. The Labute approximate surface area is 188 Å². The predicted molar refractivity (Wildman–Crippen MR) is 131 cm³/mol. The number of aliphatic hydroxyl groups is 1. The van der Waals surface area contributed by atoms with Gasteiger partial charge in [-0.15, -0.1) is 0 Å². The molecule has 3 unspecified atom stereocenters. The standard InChI is InChI=1S/C27H54NO2/c1-7-10-11-12-13-14-22-28(8-2,9-3)23-16-18-24(4)17-15-21-27(6)26(30-27)20-19-25(5)29/h17,25-26,29H,7-16,18-23H2,1-6H3/q+1/b24-17-. The summed E-state index contributed by atoms with van der Waals surface area (Å²) in [6.45, 7) is 18.7. The number of nitrogens with zero attached hydrogens (tertiary/aromatic N) is 1. The third-order valence-electron chi connectivity index (χ3n) is 7.55. The lowest BCUT2D eigenvalue weighted by atomic mass is 9.96. The molecule has 0 aliphatic carbocycles. The maximum absolute atomic E-state index is 9.45. The van der Waals surface area contributed by atoms with Gasteiger partial charge in [-0.25, -0.2) is 0 Å². The molecular weight excluding hydrogens is 370 g/mol. The van der Waals surface area contributed by atoms with Crippen LogP contribution in [0.3, 0.4) is 0 Å². The summed E-state index contributed by atoms with van der Waals surface area (Å²) in [7, 11) is 0. The quantitative estimate of drug-likeness (QED) is 0.104. The van der Waals surface area contributed by atoms with E-state index in [0.717, 1.165) is 25.7 Å². The zero-order valence-electron chi connectivity index (χ0n) is 21.3. The Hall–Kier alpha value is -0.380. The van der Waals surface area contributed by atoms with Gasteiger partial charge in [0, 0.05) is 6.42 Å². The molecule has 0 bridgehead atoms. The smallest absolute Gasteiger partial charge is 0.0923 e. The summed E-state index contributed by atoms with van der Waals surface area (Å²) in [6.07, 6.45) is 17.6. The molecule has 1 N–H and O–H groups in total. The van der Waals surface area contributed by atoms with Crippen molar-refractivity contribution < 1.29 is 14.3 Å². The second kappa shape index (κ2) is 14.6. The van der Waals surface area contributed by atoms with E-state index in [2.05, 4.69) is 40.7 Å². The Morgan fingerprint density at radius 3 is 2.30 bits per heavy atom. The Morgan fingerprint density at radius 1 is 1.03 bits per heavy atom. The van der Waals surface area contributed by atoms with E-state index >= 15 is 0 Å². The van der Waals surface area contributed by atoms with Crippen LogP contribution in [-0.2, 0) is 4.74 Å². The lowest BCUT2D eigenvalue weighted by molar-refractivity contribution is -0.925. The van der Waals surface area contributed by atoms with Gasteiger partial charge in [-0.2, -0.15) is 0 Å². The van der Waals surface area contributed by atoms with E-state index in [-0.39, 0.29) is 11.7 Å². The molecule has 1 aliphatic rings. The number of quaternary nitrogens is 1. The van der Waals surface area contributed by atoms with Crippen LogP contribution in [0.15, 0.2) is 11.6 Å². The second-order valence-corrected chi connectivity index (χ2v) is 10.2. The van der Waals surface area contributed by atoms with Crippen LogP contribution in [0.4, 0.5) is 0 Å². The molecule has 178 valence electrons. The summed E-state index contributed by atoms with van der Waals surface area (Å²) in [5.41, 5.74) is 1.60. The Bertz CT molecular complexity index is 469. The highest BCUT2D eigenvalue weighted by atomic mass is 16.6. The van der Waals surface area contributed by atoms with E-state index in [0.29, 0.717) is 6.10 Å². The molecule has 1 heterocycles. The van der Waals surface area contributed by atoms with Gasteiger partial charge in [0.1, 0.15) is 0 Å². The van der Waals surface area contributed by atoms with Gasteiger partial charge in [-0.1, -0.05) is 44.3 Å². The van der Waals surface area contributed by atoms with Gasteiger partial charge in [-0.3, -0.25) is 0 Å². The topological polar surface area (TPSA) is 32.8 Å². The highest BCUT2D eigenvalue weighted by Gasteiger charge is 2.50. The lowest BCUT2D eigenvalue weighted by Crippen LogP contribution is -2.49. The minimum absolute atomic E-state index is 0.0548. The van der Waals surface area contributed by atoms with E-state index in [1.165, 1.54) is 82.0 Å². The zero-order chi connectivity index (χ0) is 22.5. The largest absolute Gasteiger partial charge is 0.393 e. The number of rotatable bonds is 19. The van der Waals surface area contributed by atoms with Crippen LogP contribution in [0.5, 0.6) is 0 Å². The summed E-state index contributed by atoms with van der Waals surface area (Å²) in [5, 5.41) is 9.45. The van der Waals surface area contributed by atoms with E-state index in [9.17, 15) is 5.11 Å². The molecule has 0 aromatic rings. The van der Waals surface area contributed by atoms with Crippen LogP contribution in [0, 0.1) is 0 Å². The van der Waals surface area contributed by atoms with E-state index in [1.54, 1.807) is 5.57 Å². The van der Waals surface area contributed by atoms with Gasteiger partial charge in [0.15, 0.2) is 0 Å². The third-order valence-corrected chi connectivity index (χ3v) is 7.55. The van der Waals surface area contributed by atoms with Crippen molar-refractivity contribution >= 4 is 0 Å². The van der Waals surface area contributed by atoms with Crippen molar-refractivity contribution in [3.63, 3.8) is 0 Å². The van der Waals surface area contributed by atoms with Crippen molar-refractivity contribution in [3.8, 4) is 0 Å². The van der Waals surface area contributed by atoms with E-state index in [4.69, 9.17) is 4.74 Å². The SMILES string of the molecule is CCCCCCCC[N+](CC)(CC)CCC/C(C)=C\CCC1(C)OC1CCC(C)O. The fraction of sp³-hybridized carbons (Fsp3) is 0.926. The normalized spacial score (nSPS) is 23.0. The maximum Gasteiger partial charge on any atom is 0.0923 e. The molecule has 0 saturated carbocycles. The van der Waals surface area contributed by atoms with Crippen molar-refractivity contribution in [2.75, 3.05) is 26.2 Å². The first-order valence-corrected chi connectivity index (χ1v) is 13.2. The Kier molecular flexibility index (Phi) is 13.5. The van der Waals surface area contributed by atoms with Crippen LogP contribution >= 0.6 is 0 Å². The fourth-order valence-corrected chi connectivity index (χ4v) is 4.86. The van der Waals surface area contributed by atoms with Gasteiger partial charge in [0.2, 0.25) is 0 Å². The number of ether oxygens (including phenoxy) is 1. The molecule has 3 atom stereocenters. The van der Waals surface area contributed by atoms with Crippen molar-refractivity contribution in [3.05, 3.63) is 11.6 Å². The average molecular weight is 425 g/mol. The Morgan fingerprint density at radius 2 is 1.67 bits per heavy atom. The summed E-state index contributed by atoms with van der Waals surface area (Å²) in [4.78, 5) is 0. The molecule has 0 aromatic carbocycles. The average Bonchev–Trinajstić information content (AvgIpc) is 3.37. The maximum atomic E-state index is 9.45. The first-order valence-electron chi connectivity index (χ1n) is 13.2. The summed E-state index contributed by atoms with van der Waals surface area (Å²) in [5.74, 6) is 0. The van der Waals surface area contributed by atoms with Gasteiger partial charge in [0.05, 0.1) is 44.0 Å². The van der Waals surface area contributed by atoms with Gasteiger partial charge in [0.25, 0.3) is 0 Å². The van der Waals surface area contributed by atoms with Crippen LogP contribution in [0.2, 0.25) is 0 Å². The number of epoxide rings is 1. The number of hydrogen-bond donors (Lipinski definition) is 1. The lowest BCUT2D eigenvalue weighted by Gasteiger charge is -2.37. The molecule has 0 aromatic heterocycles. The fourth-order valence-electron chi connectivity index (χ4n) is 4.86. The first kappa shape index (κ1) is 27.7. The molecule has 0 spiro atoms. The Balaban J connectivity index is 2.25. The van der Waals surface area contributed by atoms with Gasteiger partial charge < -0.3 is 14.3 Å². The second-order valence-electron chi connectivity index (χ2n) is 10.2. The predicted octanol–water partition coefficient (Wildman–Crippen LogP) is 7.03. The van der Waals surface area contributed by atoms with Gasteiger partial charge in [-0.05, 0) is 79.6 Å². The number of unbranched alkanes of at least 4 members (excludes halogenated alkanes) is 5. The van der Waals surface area contributed by atoms with E-state index < -0.39 is 0 Å². The molecule has 1 rings (SSSR count). The summed E-state index contributed by atoms with van der Waals surface area (Å²) in [6, 6.07) is 0. The van der Waals surface area contributed by atoms with Crippen molar-refractivity contribution in [1.82, 2.24) is 0 Å². The molecule has 1 aliphatic heterocycles. The van der Waals surface area contributed by atoms with Crippen LogP contribution in [0.1, 0.15) is 119 Å². The molecule has 0 radical (unpaired) electrons. The first-order chi connectivity index (χ1) is 14.3. The van der Waals surface area contributed by atoms with Gasteiger partial charge >= 0.3 is 0 Å². The molecule has 1 saturated heterocycles. The van der Waals surface area contributed by atoms with Crippen molar-refractivity contribution in [2.45, 2.75) is 136 Å². The molecule has 1 fully saturated rings. The summed E-state index contributed by atoms with van der Waals surface area (Å²) >= 11 is 0. The molecular formula is C27H54NO2+.